The second kappa shape index (κ2) is 11.8. The molecule has 10 nitrogen and oxygen atoms in total. The Kier molecular flexibility index (Phi) is 8.07. The number of benzene rings is 1. The van der Waals surface area contributed by atoms with Gasteiger partial charge >= 0.3 is 6.01 Å². The predicted octanol–water partition coefficient (Wildman–Crippen LogP) is 4.33. The number of likely N-dealkylation sites (N-methyl/N-ethyl adjacent to an activating group) is 2. The van der Waals surface area contributed by atoms with E-state index < -0.39 is 5.54 Å². The highest BCUT2D eigenvalue weighted by molar-refractivity contribution is 5.64. The Balaban J connectivity index is 1.45. The van der Waals surface area contributed by atoms with E-state index in [9.17, 15) is 5.26 Å². The maximum atomic E-state index is 15.4. The molecule has 232 valence electrons. The van der Waals surface area contributed by atoms with Crippen LogP contribution in [0.3, 0.4) is 0 Å². The van der Waals surface area contributed by atoms with Crippen LogP contribution >= 0.6 is 0 Å². The third-order valence-electron chi connectivity index (χ3n) is 10.2. The fourth-order valence-corrected chi connectivity index (χ4v) is 7.49. The van der Waals surface area contributed by atoms with Gasteiger partial charge in [0.25, 0.3) is 0 Å². The van der Waals surface area contributed by atoms with Crippen molar-refractivity contribution in [2.45, 2.75) is 76.0 Å². The first kappa shape index (κ1) is 30.0. The Hall–Kier alpha value is -4.01. The van der Waals surface area contributed by atoms with Gasteiger partial charge in [-0.15, -0.1) is 0 Å². The molecular formula is C33H42FN9O. The fourth-order valence-electron chi connectivity index (χ4n) is 7.49. The minimum absolute atomic E-state index is 0.129. The molecular weight excluding hydrogens is 557 g/mol. The van der Waals surface area contributed by atoms with Crippen molar-refractivity contribution in [1.29, 1.82) is 5.26 Å². The number of nitrogen functional groups attached to an aromatic ring is 2. The number of hydrogen-bond acceptors (Lipinski definition) is 10. The van der Waals surface area contributed by atoms with Gasteiger partial charge in [0.15, 0.2) is 0 Å². The highest BCUT2D eigenvalue weighted by Gasteiger charge is 2.47. The van der Waals surface area contributed by atoms with E-state index in [0.29, 0.717) is 60.6 Å². The first-order valence-corrected chi connectivity index (χ1v) is 15.5. The number of piperidine rings is 1. The molecule has 3 aliphatic rings. The number of pyridine rings is 1. The predicted molar refractivity (Wildman–Crippen MR) is 169 cm³/mol. The van der Waals surface area contributed by atoms with Crippen LogP contribution in [0.2, 0.25) is 0 Å². The molecule has 0 unspecified atom stereocenters. The molecule has 6 rings (SSSR count). The molecule has 1 aliphatic carbocycles. The van der Waals surface area contributed by atoms with Crippen molar-refractivity contribution in [2.24, 2.45) is 0 Å². The standard InChI is InChI=1S/C33H42FN9O/c1-20(22-11-8-13-38-30(22)37)43(4)31-25-18-42(3)33(12-7-10-23-26(34)15-27(36)24(17-35)29(23)33)16-28(25)39-32(40-31)44-19-21-9-5-6-14-41(21)2/h8,11,13,15,20-21H,5-7,9-10,12,14,16,18-19,36H2,1-4H3,(H2,37,38)/t20-,21+,33-/m1/s1. The summed E-state index contributed by atoms with van der Waals surface area (Å²) in [6.07, 6.45) is 7.74. The zero-order valence-electron chi connectivity index (χ0n) is 26.1. The Labute approximate surface area is 258 Å². The number of likely N-dealkylation sites (tertiary alicyclic amines) is 1. The number of halogens is 1. The Bertz CT molecular complexity index is 1610. The normalized spacial score (nSPS) is 22.6. The summed E-state index contributed by atoms with van der Waals surface area (Å²) < 4.78 is 21.7. The summed E-state index contributed by atoms with van der Waals surface area (Å²) in [5.41, 5.74) is 16.4. The van der Waals surface area contributed by atoms with E-state index in [-0.39, 0.29) is 17.5 Å². The maximum Gasteiger partial charge on any atom is 0.318 e. The number of nitriles is 1. The van der Waals surface area contributed by atoms with Crippen molar-refractivity contribution in [1.82, 2.24) is 24.8 Å². The van der Waals surface area contributed by atoms with E-state index >= 15 is 4.39 Å². The molecule has 1 spiro atoms. The van der Waals surface area contributed by atoms with Gasteiger partial charge in [-0.1, -0.05) is 12.5 Å². The van der Waals surface area contributed by atoms with E-state index in [2.05, 4.69) is 39.7 Å². The van der Waals surface area contributed by atoms with E-state index in [1.807, 2.05) is 26.2 Å². The molecule has 0 radical (unpaired) electrons. The number of aromatic nitrogens is 3. The number of nitrogens with two attached hydrogens (primary N) is 2. The van der Waals surface area contributed by atoms with Crippen LogP contribution in [-0.2, 0) is 24.9 Å². The number of rotatable bonds is 6. The van der Waals surface area contributed by atoms with Crippen LogP contribution in [0.15, 0.2) is 24.4 Å². The molecule has 1 aromatic carbocycles. The Morgan fingerprint density at radius 2 is 2.05 bits per heavy atom. The first-order chi connectivity index (χ1) is 21.1. The first-order valence-electron chi connectivity index (χ1n) is 15.5. The lowest BCUT2D eigenvalue weighted by Crippen LogP contribution is -2.51. The molecule has 2 aromatic heterocycles. The lowest BCUT2D eigenvalue weighted by molar-refractivity contribution is 0.0709. The molecule has 11 heteroatoms. The van der Waals surface area contributed by atoms with Gasteiger partial charge in [0.1, 0.15) is 30.1 Å². The lowest BCUT2D eigenvalue weighted by Gasteiger charge is -2.50. The highest BCUT2D eigenvalue weighted by Crippen LogP contribution is 2.50. The maximum absolute atomic E-state index is 15.4. The molecule has 4 N–H and O–H groups in total. The summed E-state index contributed by atoms with van der Waals surface area (Å²) in [4.78, 5) is 21.0. The van der Waals surface area contributed by atoms with Crippen LogP contribution in [0.4, 0.5) is 21.7 Å². The van der Waals surface area contributed by atoms with Gasteiger partial charge in [0.2, 0.25) is 0 Å². The van der Waals surface area contributed by atoms with Crippen molar-refractivity contribution in [3.8, 4) is 12.1 Å². The van der Waals surface area contributed by atoms with Crippen molar-refractivity contribution >= 4 is 17.3 Å². The molecule has 0 saturated carbocycles. The van der Waals surface area contributed by atoms with Crippen LogP contribution in [0.25, 0.3) is 0 Å². The van der Waals surface area contributed by atoms with Gasteiger partial charge in [0, 0.05) is 43.4 Å². The average molecular weight is 600 g/mol. The van der Waals surface area contributed by atoms with Gasteiger partial charge in [-0.3, -0.25) is 4.90 Å². The van der Waals surface area contributed by atoms with E-state index in [1.165, 1.54) is 18.9 Å². The molecule has 4 heterocycles. The molecule has 3 aromatic rings. The van der Waals surface area contributed by atoms with E-state index in [0.717, 1.165) is 48.4 Å². The van der Waals surface area contributed by atoms with Gasteiger partial charge in [-0.05, 0) is 82.9 Å². The SMILES string of the molecule is C[C@H](c1cccnc1N)N(C)c1nc(OC[C@@H]2CCCCN2C)nc2c1CN(C)[C@]1(CCCc3c(F)cc(N)c(C#N)c31)C2. The van der Waals surface area contributed by atoms with Gasteiger partial charge in [-0.2, -0.15) is 15.2 Å². The van der Waals surface area contributed by atoms with Crippen molar-refractivity contribution < 1.29 is 9.13 Å². The fraction of sp³-hybridized carbons (Fsp3) is 0.515. The molecule has 2 aliphatic heterocycles. The number of ether oxygens (including phenoxy) is 1. The minimum Gasteiger partial charge on any atom is -0.462 e. The number of nitrogens with zero attached hydrogens (tertiary/aromatic N) is 7. The quantitative estimate of drug-likeness (QED) is 0.395. The molecule has 1 saturated heterocycles. The smallest absolute Gasteiger partial charge is 0.318 e. The Morgan fingerprint density at radius 3 is 2.80 bits per heavy atom. The molecule has 3 atom stereocenters. The average Bonchev–Trinajstić information content (AvgIpc) is 3.01. The summed E-state index contributed by atoms with van der Waals surface area (Å²) in [6, 6.07) is 7.95. The second-order valence-electron chi connectivity index (χ2n) is 12.7. The third kappa shape index (κ3) is 5.10. The second-order valence-corrected chi connectivity index (χ2v) is 12.7. The van der Waals surface area contributed by atoms with Gasteiger partial charge in [-0.25, -0.2) is 9.37 Å². The van der Waals surface area contributed by atoms with Crippen LogP contribution in [-0.4, -0.2) is 65.1 Å². The summed E-state index contributed by atoms with van der Waals surface area (Å²) in [7, 11) is 6.18. The summed E-state index contributed by atoms with van der Waals surface area (Å²) in [5.74, 6) is 0.890. The van der Waals surface area contributed by atoms with Crippen LogP contribution in [0.1, 0.15) is 78.6 Å². The summed E-state index contributed by atoms with van der Waals surface area (Å²) >= 11 is 0. The molecule has 0 bridgehead atoms. The molecule has 1 fully saturated rings. The van der Waals surface area contributed by atoms with Crippen LogP contribution in [0.5, 0.6) is 6.01 Å². The number of hydrogen-bond donors (Lipinski definition) is 2. The summed E-state index contributed by atoms with van der Waals surface area (Å²) in [6.45, 7) is 4.14. The van der Waals surface area contributed by atoms with Gasteiger partial charge in [0.05, 0.1) is 28.5 Å². The van der Waals surface area contributed by atoms with E-state index in [4.69, 9.17) is 26.2 Å². The van der Waals surface area contributed by atoms with Crippen molar-refractivity contribution in [3.63, 3.8) is 0 Å². The van der Waals surface area contributed by atoms with Crippen LogP contribution in [0, 0.1) is 17.1 Å². The third-order valence-corrected chi connectivity index (χ3v) is 10.2. The monoisotopic (exact) mass is 599 g/mol. The number of anilines is 3. The Morgan fingerprint density at radius 1 is 1.23 bits per heavy atom. The highest BCUT2D eigenvalue weighted by atomic mass is 19.1. The van der Waals surface area contributed by atoms with Crippen molar-refractivity contribution in [3.05, 3.63) is 63.7 Å². The van der Waals surface area contributed by atoms with Gasteiger partial charge < -0.3 is 26.0 Å². The minimum atomic E-state index is -0.633. The molecule has 0 amide bonds. The largest absolute Gasteiger partial charge is 0.462 e. The van der Waals surface area contributed by atoms with Crippen LogP contribution < -0.4 is 21.1 Å². The zero-order valence-corrected chi connectivity index (χ0v) is 26.1. The number of fused-ring (bicyclic) bond motifs is 3. The zero-order chi connectivity index (χ0) is 31.2. The topological polar surface area (TPSA) is 133 Å². The lowest BCUT2D eigenvalue weighted by atomic mass is 9.68. The summed E-state index contributed by atoms with van der Waals surface area (Å²) in [5, 5.41) is 10.2. The van der Waals surface area contributed by atoms with Crippen molar-refractivity contribution in [2.75, 3.05) is 50.7 Å². The van der Waals surface area contributed by atoms with E-state index in [1.54, 1.807) is 6.20 Å². The molecule has 44 heavy (non-hydrogen) atoms.